The fourth-order valence-corrected chi connectivity index (χ4v) is 16.2. The highest BCUT2D eigenvalue weighted by molar-refractivity contribution is 7.22. The summed E-state index contributed by atoms with van der Waals surface area (Å²) < 4.78 is 11.7. The lowest BCUT2D eigenvalue weighted by atomic mass is 10.0. The molecule has 0 amide bonds. The summed E-state index contributed by atoms with van der Waals surface area (Å²) in [5.74, 6) is 5.16. The van der Waals surface area contributed by atoms with E-state index in [1.165, 1.54) is 65.5 Å². The third-order valence-corrected chi connectivity index (χ3v) is 19.4. The second kappa shape index (κ2) is 32.5. The van der Waals surface area contributed by atoms with Crippen molar-refractivity contribution in [3.8, 4) is 0 Å². The van der Waals surface area contributed by atoms with Crippen LogP contribution in [-0.2, 0) is 38.5 Å². The van der Waals surface area contributed by atoms with Gasteiger partial charge in [0.1, 0.15) is 21.3 Å². The minimum Gasteiger partial charge on any atom is -0.461 e. The Morgan fingerprint density at radius 3 is 1.51 bits per heavy atom. The van der Waals surface area contributed by atoms with E-state index in [-0.39, 0.29) is 0 Å². The van der Waals surface area contributed by atoms with E-state index in [4.69, 9.17) is 74.0 Å². The standard InChI is InChI=1S/C12H13ClO.3C12H13ClS.2C11H12ClNS/c1-8(2)5-11-6-9-3-4-10(13)7-12(9)14-11;1-8(2)5-11-7-9-6-10(13)3-4-12(9)14-11;1-8(2)5-11-6-9-3-4-10(13)7-12(9)14-11;1-8(2)5-9-3-4-11-10(6-9)7-12(13)14-11;1-7(2)5-11-13-9-6-8(12)3-4-10(9)14-11;1-7(2)5-9-6-8-3-4-10(12)13-11(8)14-9/h4*3-4,6-8H,5H2,1-2H3;2*3-4,6-7H,5H2,1-2H3. The number of benzene rings is 5. The molecule has 84 heavy (non-hydrogen) atoms. The number of hydrogen-bond donors (Lipinski definition) is 0. The van der Waals surface area contributed by atoms with Crippen molar-refractivity contribution in [1.82, 2.24) is 9.97 Å². The molecule has 0 radical (unpaired) electrons. The lowest BCUT2D eigenvalue weighted by molar-refractivity contribution is 0.500. The van der Waals surface area contributed by atoms with Gasteiger partial charge in [0.05, 0.1) is 19.6 Å². The van der Waals surface area contributed by atoms with Crippen molar-refractivity contribution in [2.45, 2.75) is 122 Å². The van der Waals surface area contributed by atoms with Gasteiger partial charge in [0.25, 0.3) is 0 Å². The van der Waals surface area contributed by atoms with Crippen LogP contribution in [0.15, 0.2) is 138 Å². The monoisotopic (exact) mass is 1330 g/mol. The summed E-state index contributed by atoms with van der Waals surface area (Å²) in [5.41, 5.74) is 3.31. The average molecular weight is 1330 g/mol. The predicted octanol–water partition coefficient (Wildman–Crippen LogP) is 26.8. The van der Waals surface area contributed by atoms with Gasteiger partial charge in [-0.2, -0.15) is 0 Å². The Labute approximate surface area is 548 Å². The second-order valence-electron chi connectivity index (χ2n) is 23.7. The Balaban J connectivity index is 0.000000145. The fourth-order valence-electron chi connectivity index (χ4n) is 9.19. The Hall–Kier alpha value is -3.74. The molecule has 0 bridgehead atoms. The van der Waals surface area contributed by atoms with Crippen LogP contribution >= 0.6 is 126 Å². The largest absolute Gasteiger partial charge is 0.461 e. The van der Waals surface area contributed by atoms with E-state index < -0.39 is 0 Å². The van der Waals surface area contributed by atoms with E-state index in [2.05, 4.69) is 148 Å². The minimum atomic E-state index is 0.579. The lowest BCUT2D eigenvalue weighted by Crippen LogP contribution is -1.92. The highest BCUT2D eigenvalue weighted by atomic mass is 35.5. The third-order valence-electron chi connectivity index (χ3n) is 12.6. The molecule has 5 aromatic carbocycles. The summed E-state index contributed by atoms with van der Waals surface area (Å²) in [6.07, 6.45) is 6.62. The molecule has 0 N–H and O–H groups in total. The molecule has 0 saturated heterocycles. The number of thiazole rings is 1. The maximum atomic E-state index is 5.96. The average Bonchev–Trinajstić information content (AvgIpc) is 4.40. The van der Waals surface area contributed by atoms with E-state index in [9.17, 15) is 0 Å². The zero-order valence-electron chi connectivity index (χ0n) is 50.0. The highest BCUT2D eigenvalue weighted by Gasteiger charge is 2.10. The van der Waals surface area contributed by atoms with E-state index in [0.717, 1.165) is 102 Å². The van der Waals surface area contributed by atoms with Crippen LogP contribution in [0.1, 0.15) is 114 Å². The fraction of sp³-hybridized carbons (Fsp3) is 0.343. The van der Waals surface area contributed by atoms with Gasteiger partial charge in [0.2, 0.25) is 0 Å². The van der Waals surface area contributed by atoms with Crippen LogP contribution in [0.25, 0.3) is 61.7 Å². The van der Waals surface area contributed by atoms with E-state index in [0.29, 0.717) is 28.8 Å². The Bertz CT molecular complexity index is 3490. The molecule has 444 valence electrons. The Morgan fingerprint density at radius 1 is 0.357 bits per heavy atom. The summed E-state index contributed by atoms with van der Waals surface area (Å²) in [4.78, 5) is 14.2. The van der Waals surface area contributed by atoms with Crippen molar-refractivity contribution < 1.29 is 4.42 Å². The first kappa shape index (κ1) is 67.8. The molecule has 0 saturated carbocycles. The normalized spacial score (nSPS) is 11.4. The summed E-state index contributed by atoms with van der Waals surface area (Å²) in [6.45, 7) is 26.7. The molecular weight excluding hydrogens is 1260 g/mol. The molecule has 0 atom stereocenters. The van der Waals surface area contributed by atoms with E-state index in [1.54, 1.807) is 34.0 Å². The van der Waals surface area contributed by atoms with Crippen LogP contribution in [0.3, 0.4) is 0 Å². The van der Waals surface area contributed by atoms with Gasteiger partial charge in [-0.15, -0.1) is 56.7 Å². The first-order valence-electron chi connectivity index (χ1n) is 28.7. The smallest absolute Gasteiger partial charge is 0.135 e. The van der Waals surface area contributed by atoms with Gasteiger partial charge in [0, 0.05) is 72.4 Å². The van der Waals surface area contributed by atoms with E-state index in [1.807, 2.05) is 102 Å². The summed E-state index contributed by atoms with van der Waals surface area (Å²) in [5, 5.41) is 11.1. The number of hydrogen-bond acceptors (Lipinski definition) is 8. The number of fused-ring (bicyclic) bond motifs is 6. The van der Waals surface area contributed by atoms with Gasteiger partial charge in [-0.1, -0.05) is 171 Å². The molecule has 12 aromatic rings. The van der Waals surface area contributed by atoms with Crippen molar-refractivity contribution in [1.29, 1.82) is 0 Å². The number of rotatable bonds is 12. The first-order valence-corrected chi connectivity index (χ1v) is 35.1. The molecule has 0 aliphatic carbocycles. The molecular formula is C70H76Cl6N2OS5. The lowest BCUT2D eigenvalue weighted by Gasteiger charge is -2.04. The van der Waals surface area contributed by atoms with Crippen molar-refractivity contribution in [3.05, 3.63) is 194 Å². The van der Waals surface area contributed by atoms with Crippen molar-refractivity contribution in [2.75, 3.05) is 0 Å². The van der Waals surface area contributed by atoms with Gasteiger partial charge in [0.15, 0.2) is 0 Å². The Kier molecular flexibility index (Phi) is 26.2. The van der Waals surface area contributed by atoms with Gasteiger partial charge >= 0.3 is 0 Å². The quantitative estimate of drug-likeness (QED) is 0.114. The van der Waals surface area contributed by atoms with Crippen molar-refractivity contribution in [2.24, 2.45) is 35.5 Å². The van der Waals surface area contributed by atoms with Crippen molar-refractivity contribution >= 4 is 188 Å². The summed E-state index contributed by atoms with van der Waals surface area (Å²) >= 11 is 44.3. The topological polar surface area (TPSA) is 38.9 Å². The molecule has 0 fully saturated rings. The number of furan rings is 1. The molecule has 3 nitrogen and oxygen atoms in total. The SMILES string of the molecule is CC(C)Cc1cc2cc(Cl)ccc2s1.CC(C)Cc1cc2ccc(Cl)cc2o1.CC(C)Cc1cc2ccc(Cl)cc2s1.CC(C)Cc1cc2ccc(Cl)nc2s1.CC(C)Cc1ccc2sc(Cl)cc2c1.CC(C)Cc1nc2cc(Cl)ccc2s1. The number of halogens is 6. The number of pyridine rings is 1. The van der Waals surface area contributed by atoms with Crippen LogP contribution in [0.5, 0.6) is 0 Å². The molecule has 7 heterocycles. The van der Waals surface area contributed by atoms with Crippen LogP contribution in [0, 0.1) is 35.5 Å². The molecule has 0 unspecified atom stereocenters. The molecule has 14 heteroatoms. The first-order chi connectivity index (χ1) is 39.9. The Morgan fingerprint density at radius 2 is 0.857 bits per heavy atom. The van der Waals surface area contributed by atoms with Crippen molar-refractivity contribution in [3.63, 3.8) is 0 Å². The summed E-state index contributed by atoms with van der Waals surface area (Å²) in [7, 11) is 0. The number of nitrogens with zero attached hydrogens (tertiary/aromatic N) is 2. The van der Waals surface area contributed by atoms with Gasteiger partial charge < -0.3 is 4.42 Å². The van der Waals surface area contributed by atoms with Gasteiger partial charge in [-0.25, -0.2) is 9.97 Å². The maximum Gasteiger partial charge on any atom is 0.135 e. The second-order valence-corrected chi connectivity index (χ2v) is 32.1. The van der Waals surface area contributed by atoms with Crippen LogP contribution in [0.2, 0.25) is 29.6 Å². The molecule has 0 spiro atoms. The highest BCUT2D eigenvalue weighted by Crippen LogP contribution is 2.34. The predicted molar refractivity (Wildman–Crippen MR) is 382 cm³/mol. The maximum absolute atomic E-state index is 5.96. The van der Waals surface area contributed by atoms with Crippen LogP contribution < -0.4 is 0 Å². The summed E-state index contributed by atoms with van der Waals surface area (Å²) in [6, 6.07) is 45.2. The zero-order chi connectivity index (χ0) is 60.8. The number of thiophene rings is 4. The molecule has 7 aromatic heterocycles. The van der Waals surface area contributed by atoms with Crippen LogP contribution in [0.4, 0.5) is 0 Å². The van der Waals surface area contributed by atoms with Crippen LogP contribution in [-0.4, -0.2) is 9.97 Å². The van der Waals surface area contributed by atoms with Gasteiger partial charge in [-0.3, -0.25) is 0 Å². The van der Waals surface area contributed by atoms with Gasteiger partial charge in [-0.05, 0) is 198 Å². The molecule has 0 aliphatic heterocycles. The minimum absolute atomic E-state index is 0.579. The molecule has 12 rings (SSSR count). The molecule has 0 aliphatic rings. The van der Waals surface area contributed by atoms with E-state index >= 15 is 0 Å². The third kappa shape index (κ3) is 21.8. The number of aromatic nitrogens is 2. The zero-order valence-corrected chi connectivity index (χ0v) is 58.6.